The van der Waals surface area contributed by atoms with Gasteiger partial charge in [-0.05, 0) is 29.2 Å². The Hall–Kier alpha value is -2.66. The highest BCUT2D eigenvalue weighted by molar-refractivity contribution is 7.14. The molecule has 0 saturated heterocycles. The minimum absolute atomic E-state index is 0.234. The van der Waals surface area contributed by atoms with Crippen LogP contribution in [0.4, 0.5) is 5.13 Å². The molecule has 122 valence electrons. The number of phenols is 1. The van der Waals surface area contributed by atoms with Gasteiger partial charge in [-0.1, -0.05) is 50.2 Å². The van der Waals surface area contributed by atoms with Crippen molar-refractivity contribution >= 4 is 22.7 Å². The monoisotopic (exact) mass is 337 g/mol. The first-order valence-electron chi connectivity index (χ1n) is 7.76. The summed E-state index contributed by atoms with van der Waals surface area (Å²) >= 11 is 1.47. The molecule has 0 bridgehead atoms. The Balaban J connectivity index is 1.65. The highest BCUT2D eigenvalue weighted by Crippen LogP contribution is 2.27. The first-order valence-corrected chi connectivity index (χ1v) is 8.64. The van der Waals surface area contributed by atoms with E-state index in [1.807, 2.05) is 11.4 Å². The van der Waals surface area contributed by atoms with Crippen molar-refractivity contribution in [3.05, 3.63) is 65.0 Å². The normalized spacial score (nSPS) is 11.3. The van der Waals surface area contributed by atoms with Gasteiger partial charge in [-0.15, -0.1) is 11.3 Å². The Labute approximate surface area is 145 Å². The number of rotatable bonds is 5. The minimum atomic E-state index is 0.234. The molecule has 2 aromatic carbocycles. The van der Waals surface area contributed by atoms with Crippen molar-refractivity contribution in [3.8, 4) is 17.0 Å². The van der Waals surface area contributed by atoms with E-state index in [-0.39, 0.29) is 5.75 Å². The molecule has 3 aromatic rings. The standard InChI is InChI=1S/C19H19N3OS/c1-13(2)15-8-6-14(7-9-15)11-20-22-19-21-18(12-24-19)16-4-3-5-17(23)10-16/h3-13,23H,1-2H3,(H,21,22). The number of aromatic hydroxyl groups is 1. The third-order valence-electron chi connectivity index (χ3n) is 3.62. The summed E-state index contributed by atoms with van der Waals surface area (Å²) in [5.41, 5.74) is 7.00. The number of nitrogens with zero attached hydrogens (tertiary/aromatic N) is 2. The molecule has 2 N–H and O–H groups in total. The summed E-state index contributed by atoms with van der Waals surface area (Å²) < 4.78 is 0. The van der Waals surface area contributed by atoms with Gasteiger partial charge in [-0.2, -0.15) is 5.10 Å². The molecule has 0 spiro atoms. The average Bonchev–Trinajstić information content (AvgIpc) is 3.04. The lowest BCUT2D eigenvalue weighted by Crippen LogP contribution is -1.91. The number of benzene rings is 2. The highest BCUT2D eigenvalue weighted by Gasteiger charge is 2.04. The van der Waals surface area contributed by atoms with E-state index in [2.05, 4.69) is 53.6 Å². The summed E-state index contributed by atoms with van der Waals surface area (Å²) in [6, 6.07) is 15.4. The number of thiazole rings is 1. The van der Waals surface area contributed by atoms with E-state index < -0.39 is 0 Å². The zero-order chi connectivity index (χ0) is 16.9. The van der Waals surface area contributed by atoms with Crippen molar-refractivity contribution in [3.63, 3.8) is 0 Å². The second kappa shape index (κ2) is 7.27. The molecule has 0 fully saturated rings. The zero-order valence-electron chi connectivity index (χ0n) is 13.6. The maximum Gasteiger partial charge on any atom is 0.203 e. The molecular weight excluding hydrogens is 318 g/mol. The van der Waals surface area contributed by atoms with Crippen molar-refractivity contribution in [2.75, 3.05) is 5.43 Å². The van der Waals surface area contributed by atoms with Gasteiger partial charge in [0.15, 0.2) is 0 Å². The lowest BCUT2D eigenvalue weighted by Gasteiger charge is -2.04. The van der Waals surface area contributed by atoms with Gasteiger partial charge in [0, 0.05) is 10.9 Å². The molecule has 0 unspecified atom stereocenters. The molecule has 0 aliphatic heterocycles. The number of hydrogen-bond acceptors (Lipinski definition) is 5. The summed E-state index contributed by atoms with van der Waals surface area (Å²) in [7, 11) is 0. The fourth-order valence-corrected chi connectivity index (χ4v) is 2.92. The summed E-state index contributed by atoms with van der Waals surface area (Å²) in [5, 5.41) is 16.4. The van der Waals surface area contributed by atoms with Crippen LogP contribution >= 0.6 is 11.3 Å². The van der Waals surface area contributed by atoms with E-state index in [4.69, 9.17) is 0 Å². The van der Waals surface area contributed by atoms with Gasteiger partial charge in [0.25, 0.3) is 0 Å². The van der Waals surface area contributed by atoms with Gasteiger partial charge in [-0.25, -0.2) is 4.98 Å². The van der Waals surface area contributed by atoms with E-state index in [9.17, 15) is 5.11 Å². The average molecular weight is 337 g/mol. The molecule has 1 aromatic heterocycles. The van der Waals surface area contributed by atoms with Crippen molar-refractivity contribution in [1.82, 2.24) is 4.98 Å². The predicted molar refractivity (Wildman–Crippen MR) is 101 cm³/mol. The number of aromatic nitrogens is 1. The second-order valence-electron chi connectivity index (χ2n) is 5.78. The number of nitrogens with one attached hydrogen (secondary N) is 1. The second-order valence-corrected chi connectivity index (χ2v) is 6.64. The smallest absolute Gasteiger partial charge is 0.203 e. The van der Waals surface area contributed by atoms with Gasteiger partial charge in [0.05, 0.1) is 11.9 Å². The van der Waals surface area contributed by atoms with Crippen LogP contribution in [0.25, 0.3) is 11.3 Å². The van der Waals surface area contributed by atoms with Crippen LogP contribution in [-0.2, 0) is 0 Å². The Kier molecular flexibility index (Phi) is 4.91. The van der Waals surface area contributed by atoms with Crippen LogP contribution in [0.3, 0.4) is 0 Å². The first-order chi connectivity index (χ1) is 11.6. The van der Waals surface area contributed by atoms with Gasteiger partial charge < -0.3 is 5.11 Å². The van der Waals surface area contributed by atoms with E-state index >= 15 is 0 Å². The minimum Gasteiger partial charge on any atom is -0.508 e. The van der Waals surface area contributed by atoms with E-state index in [1.165, 1.54) is 16.9 Å². The number of anilines is 1. The van der Waals surface area contributed by atoms with E-state index in [0.717, 1.165) is 16.8 Å². The summed E-state index contributed by atoms with van der Waals surface area (Å²) in [5.74, 6) is 0.762. The fraction of sp³-hybridized carbons (Fsp3) is 0.158. The van der Waals surface area contributed by atoms with Crippen molar-refractivity contribution in [2.45, 2.75) is 19.8 Å². The molecule has 4 nitrogen and oxygen atoms in total. The zero-order valence-corrected chi connectivity index (χ0v) is 14.4. The molecule has 24 heavy (non-hydrogen) atoms. The summed E-state index contributed by atoms with van der Waals surface area (Å²) in [4.78, 5) is 4.47. The number of hydrazone groups is 1. The Morgan fingerprint density at radius 3 is 2.67 bits per heavy atom. The lowest BCUT2D eigenvalue weighted by molar-refractivity contribution is 0.475. The van der Waals surface area contributed by atoms with Gasteiger partial charge in [0.2, 0.25) is 5.13 Å². The van der Waals surface area contributed by atoms with E-state index in [1.54, 1.807) is 24.4 Å². The third-order valence-corrected chi connectivity index (χ3v) is 4.37. The number of hydrogen-bond donors (Lipinski definition) is 2. The van der Waals surface area contributed by atoms with Crippen molar-refractivity contribution < 1.29 is 5.11 Å². The van der Waals surface area contributed by atoms with E-state index in [0.29, 0.717) is 11.0 Å². The molecule has 0 radical (unpaired) electrons. The van der Waals surface area contributed by atoms with Crippen LogP contribution in [0.1, 0.15) is 30.9 Å². The largest absolute Gasteiger partial charge is 0.508 e. The Morgan fingerprint density at radius 1 is 1.17 bits per heavy atom. The molecule has 3 rings (SSSR count). The summed E-state index contributed by atoms with van der Waals surface area (Å²) in [6.07, 6.45) is 1.78. The molecule has 0 aliphatic carbocycles. The predicted octanol–water partition coefficient (Wildman–Crippen LogP) is 5.09. The SMILES string of the molecule is CC(C)c1ccc(C=NNc2nc(-c3cccc(O)c3)cs2)cc1. The van der Waals surface area contributed by atoms with Gasteiger partial charge in [0.1, 0.15) is 5.75 Å². The molecule has 0 saturated carbocycles. The van der Waals surface area contributed by atoms with Crippen molar-refractivity contribution in [2.24, 2.45) is 5.10 Å². The third kappa shape index (κ3) is 4.00. The molecular formula is C19H19N3OS. The molecule has 0 aliphatic rings. The van der Waals surface area contributed by atoms with Crippen LogP contribution in [0.5, 0.6) is 5.75 Å². The first kappa shape index (κ1) is 16.2. The highest BCUT2D eigenvalue weighted by atomic mass is 32.1. The molecule has 0 atom stereocenters. The Bertz CT molecular complexity index is 838. The van der Waals surface area contributed by atoms with Gasteiger partial charge >= 0.3 is 0 Å². The fourth-order valence-electron chi connectivity index (χ4n) is 2.25. The van der Waals surface area contributed by atoms with Crippen LogP contribution in [-0.4, -0.2) is 16.3 Å². The molecule has 0 amide bonds. The van der Waals surface area contributed by atoms with Gasteiger partial charge in [-0.3, -0.25) is 5.43 Å². The quantitative estimate of drug-likeness (QED) is 0.504. The van der Waals surface area contributed by atoms with Crippen molar-refractivity contribution in [1.29, 1.82) is 0 Å². The Morgan fingerprint density at radius 2 is 1.96 bits per heavy atom. The van der Waals surface area contributed by atoms with Crippen LogP contribution < -0.4 is 5.43 Å². The number of phenolic OH excluding ortho intramolecular Hbond substituents is 1. The lowest BCUT2D eigenvalue weighted by atomic mass is 10.0. The molecule has 5 heteroatoms. The maximum absolute atomic E-state index is 9.54. The topological polar surface area (TPSA) is 57.5 Å². The maximum atomic E-state index is 9.54. The van der Waals surface area contributed by atoms with Crippen LogP contribution in [0.2, 0.25) is 0 Å². The summed E-state index contributed by atoms with van der Waals surface area (Å²) in [6.45, 7) is 4.36. The van der Waals surface area contributed by atoms with Crippen LogP contribution in [0, 0.1) is 0 Å². The molecule has 1 heterocycles. The van der Waals surface area contributed by atoms with Crippen LogP contribution in [0.15, 0.2) is 59.0 Å².